The number of amides is 1. The van der Waals surface area contributed by atoms with E-state index in [2.05, 4.69) is 69.7 Å². The Labute approximate surface area is 367 Å². The normalized spacial score (nSPS) is 13.4. The Morgan fingerprint density at radius 1 is 0.540 bits per heavy atom. The van der Waals surface area contributed by atoms with E-state index in [-0.39, 0.29) is 11.4 Å². The topological polar surface area (TPSA) is 77.7 Å². The molecule has 5 heterocycles. The van der Waals surface area contributed by atoms with Gasteiger partial charge in [-0.3, -0.25) is 9.69 Å². The number of benzene rings is 3. The summed E-state index contributed by atoms with van der Waals surface area (Å²) in [6.45, 7) is 16.8. The van der Waals surface area contributed by atoms with Crippen molar-refractivity contribution in [1.29, 1.82) is 0 Å². The smallest absolute Gasteiger partial charge is 0.355 e. The van der Waals surface area contributed by atoms with E-state index in [9.17, 15) is 4.79 Å². The average molecular weight is 846 g/mol. The van der Waals surface area contributed by atoms with Crippen LogP contribution in [0.2, 0.25) is 0 Å². The van der Waals surface area contributed by atoms with Gasteiger partial charge >= 0.3 is 12.1 Å². The van der Waals surface area contributed by atoms with Crippen molar-refractivity contribution in [3.63, 3.8) is 0 Å². The first-order valence-electron chi connectivity index (χ1n) is 22.8. The number of nitrogens with one attached hydrogen (secondary N) is 2. The van der Waals surface area contributed by atoms with Crippen LogP contribution < -0.4 is 4.90 Å². The van der Waals surface area contributed by atoms with Crippen molar-refractivity contribution >= 4 is 72.4 Å². The molecule has 1 aliphatic carbocycles. The van der Waals surface area contributed by atoms with Crippen LogP contribution in [0.3, 0.4) is 0 Å². The highest BCUT2D eigenvalue weighted by Crippen LogP contribution is 2.52. The van der Waals surface area contributed by atoms with Crippen molar-refractivity contribution in [2.45, 2.75) is 113 Å². The van der Waals surface area contributed by atoms with Crippen LogP contribution in [0.4, 0.5) is 24.5 Å². The Morgan fingerprint density at radius 3 is 1.54 bits per heavy atom. The molecule has 3 aliphatic rings. The molecule has 8 bridgehead atoms. The van der Waals surface area contributed by atoms with Gasteiger partial charge in [0.1, 0.15) is 0 Å². The van der Waals surface area contributed by atoms with Gasteiger partial charge in [0.05, 0.1) is 39.7 Å². The Morgan fingerprint density at radius 2 is 1.02 bits per heavy atom. The molecule has 6 nitrogen and oxygen atoms in total. The predicted octanol–water partition coefficient (Wildman–Crippen LogP) is 15.1. The summed E-state index contributed by atoms with van der Waals surface area (Å²) in [4.78, 5) is 33.8. The second-order valence-corrected chi connectivity index (χ2v) is 16.6. The molecule has 0 saturated heterocycles. The van der Waals surface area contributed by atoms with E-state index in [1.165, 1.54) is 16.7 Å². The molecular weight excluding hydrogens is 792 g/mol. The van der Waals surface area contributed by atoms with Gasteiger partial charge in [0.25, 0.3) is 0 Å². The number of aromatic amines is 2. The molecule has 2 N–H and O–H groups in total. The zero-order valence-electron chi connectivity index (χ0n) is 37.5. The minimum absolute atomic E-state index is 0.102. The molecule has 0 fully saturated rings. The first kappa shape index (κ1) is 42.1. The van der Waals surface area contributed by atoms with Gasteiger partial charge in [0, 0.05) is 21.9 Å². The minimum Gasteiger partial charge on any atom is -0.355 e. The van der Waals surface area contributed by atoms with E-state index in [1.54, 1.807) is 6.07 Å². The lowest BCUT2D eigenvalue weighted by Gasteiger charge is -2.27. The monoisotopic (exact) mass is 845 g/mol. The van der Waals surface area contributed by atoms with Gasteiger partial charge in [-0.15, -0.1) is 0 Å². The zero-order valence-corrected chi connectivity index (χ0v) is 37.5. The summed E-state index contributed by atoms with van der Waals surface area (Å²) < 4.78 is 46.9. The number of rotatable bonds is 10. The summed E-state index contributed by atoms with van der Waals surface area (Å²) in [5, 5.41) is 1.38. The number of halogens is 3. The van der Waals surface area contributed by atoms with Crippen molar-refractivity contribution in [3.05, 3.63) is 118 Å². The second kappa shape index (κ2) is 16.2. The van der Waals surface area contributed by atoms with Crippen molar-refractivity contribution in [3.8, 4) is 22.3 Å². The summed E-state index contributed by atoms with van der Waals surface area (Å²) in [5.41, 5.74) is 18.3. The zero-order chi connectivity index (χ0) is 44.5. The Hall–Kier alpha value is -6.22. The van der Waals surface area contributed by atoms with Gasteiger partial charge < -0.3 is 9.97 Å². The molecule has 9 rings (SSSR count). The number of alkyl halides is 3. The lowest BCUT2D eigenvalue weighted by Crippen LogP contribution is -2.39. The van der Waals surface area contributed by atoms with Crippen LogP contribution in [0.15, 0.2) is 72.8 Å². The van der Waals surface area contributed by atoms with E-state index in [1.807, 2.05) is 62.4 Å². The molecule has 63 heavy (non-hydrogen) atoms. The molecule has 1 amide bonds. The second-order valence-electron chi connectivity index (χ2n) is 16.6. The highest BCUT2D eigenvalue weighted by atomic mass is 19.4. The number of hydrogen-bond donors (Lipinski definition) is 2. The maximum Gasteiger partial charge on any atom is 0.472 e. The summed E-state index contributed by atoms with van der Waals surface area (Å²) in [6.07, 6.45) is 0.0765. The molecule has 0 unspecified atom stereocenters. The third-order valence-corrected chi connectivity index (χ3v) is 13.5. The fraction of sp³-hybridized carbons (Fsp3) is 0.315. The van der Waals surface area contributed by atoms with Crippen molar-refractivity contribution < 1.29 is 18.0 Å². The van der Waals surface area contributed by atoms with Gasteiger partial charge in [-0.05, 0) is 148 Å². The predicted molar refractivity (Wildman–Crippen MR) is 255 cm³/mol. The summed E-state index contributed by atoms with van der Waals surface area (Å²) in [7, 11) is 0. The van der Waals surface area contributed by atoms with Crippen molar-refractivity contribution in [1.82, 2.24) is 19.9 Å². The molecule has 3 aromatic heterocycles. The molecule has 0 atom stereocenters. The molecule has 322 valence electrons. The Kier molecular flexibility index (Phi) is 10.8. The Bertz CT molecular complexity index is 3090. The quantitative estimate of drug-likeness (QED) is 0.144. The maximum absolute atomic E-state index is 15.6. The van der Waals surface area contributed by atoms with Crippen molar-refractivity contribution in [2.75, 3.05) is 4.90 Å². The number of H-pyrrole nitrogens is 2. The van der Waals surface area contributed by atoms with Gasteiger partial charge in [0.2, 0.25) is 0 Å². The van der Waals surface area contributed by atoms with E-state index in [0.717, 1.165) is 114 Å². The molecule has 0 spiro atoms. The molecule has 9 heteroatoms. The fourth-order valence-corrected chi connectivity index (χ4v) is 10.8. The SMILES string of the molecule is CCC1=C(CC)c2cc3[nH]c(c(CC)c3CC)c(N(C(=O)C(F)(F)F)c3ccc4c5c(cccc35)-c3ccccc3-4)c3nc(cc4[nH]c(cc1n2)c(CC)c4CC)C(CC)=C3CC. The van der Waals surface area contributed by atoms with Crippen LogP contribution in [-0.2, 0) is 30.5 Å². The van der Waals surface area contributed by atoms with E-state index in [0.29, 0.717) is 48.0 Å². The number of hydrogen-bond acceptors (Lipinski definition) is 3. The third-order valence-electron chi connectivity index (χ3n) is 13.5. The number of carbonyl (C=O) groups is 1. The van der Waals surface area contributed by atoms with Crippen LogP contribution in [0.1, 0.15) is 126 Å². The number of allylic oxidation sites excluding steroid dienone is 4. The fourth-order valence-electron chi connectivity index (χ4n) is 10.8. The van der Waals surface area contributed by atoms with Crippen LogP contribution in [0.5, 0.6) is 0 Å². The number of carbonyl (C=O) groups excluding carboxylic acids is 1. The first-order valence-corrected chi connectivity index (χ1v) is 22.8. The van der Waals surface area contributed by atoms with E-state index < -0.39 is 12.1 Å². The van der Waals surface area contributed by atoms with Gasteiger partial charge in [-0.1, -0.05) is 104 Å². The highest BCUT2D eigenvalue weighted by molar-refractivity contribution is 6.22. The summed E-state index contributed by atoms with van der Waals surface area (Å²) in [5.74, 6) is -1.98. The van der Waals surface area contributed by atoms with Crippen molar-refractivity contribution in [2.24, 2.45) is 0 Å². The van der Waals surface area contributed by atoms with Gasteiger partial charge in [-0.2, -0.15) is 13.2 Å². The standard InChI is InChI=1S/C54H54F3N5O/c1-9-29-31(11-3)44-27-46-33(13-5)35(15-7)50(60-46)52(51-36(16-8)34(14-6)47(61-51)28-45-32(12-4)30(10-2)43(59-45)26-42(29)58-44)62(53(63)54(55,56)57)48-25-24-40-38-21-18-17-20-37(38)39-22-19-23-41(48)49(39)40/h17-28,58,61H,9-16H2,1-8H3. The van der Waals surface area contributed by atoms with Crippen LogP contribution in [0.25, 0.3) is 77.4 Å². The molecule has 2 aliphatic heterocycles. The maximum atomic E-state index is 15.6. The molecule has 0 saturated carbocycles. The van der Waals surface area contributed by atoms with Gasteiger partial charge in [-0.25, -0.2) is 9.97 Å². The van der Waals surface area contributed by atoms with Crippen LogP contribution in [0, 0.1) is 0 Å². The molecule has 6 aromatic rings. The summed E-state index contributed by atoms with van der Waals surface area (Å²) >= 11 is 0. The number of aryl methyl sites for hydroxylation is 4. The number of fused-ring (bicyclic) bond motifs is 11. The first-order chi connectivity index (χ1) is 30.5. The lowest BCUT2D eigenvalue weighted by atomic mass is 9.96. The molecular formula is C54H54F3N5O. The summed E-state index contributed by atoms with van der Waals surface area (Å²) in [6, 6.07) is 23.6. The Balaban J connectivity index is 1.53. The van der Waals surface area contributed by atoms with Crippen LogP contribution >= 0.6 is 0 Å². The van der Waals surface area contributed by atoms with Crippen LogP contribution in [-0.4, -0.2) is 32.0 Å². The number of anilines is 2. The van der Waals surface area contributed by atoms with E-state index in [4.69, 9.17) is 9.97 Å². The van der Waals surface area contributed by atoms with E-state index >= 15 is 13.2 Å². The average Bonchev–Trinajstić information content (AvgIpc) is 4.08. The third kappa shape index (κ3) is 6.48. The number of aromatic nitrogens is 4. The highest BCUT2D eigenvalue weighted by Gasteiger charge is 2.46. The number of nitrogens with zero attached hydrogens (tertiary/aromatic N) is 3. The largest absolute Gasteiger partial charge is 0.472 e. The molecule has 0 radical (unpaired) electrons. The van der Waals surface area contributed by atoms with Gasteiger partial charge in [0.15, 0.2) is 0 Å². The molecule has 3 aromatic carbocycles. The minimum atomic E-state index is -5.23. The lowest BCUT2D eigenvalue weighted by molar-refractivity contribution is -0.169.